The third-order valence-electron chi connectivity index (χ3n) is 8.82. The highest BCUT2D eigenvalue weighted by atomic mass is 31.2. The van der Waals surface area contributed by atoms with E-state index in [-0.39, 0.29) is 32.7 Å². The molecular weight excluding hydrogens is 635 g/mol. The highest BCUT2D eigenvalue weighted by Gasteiger charge is 2.65. The standard InChI is InChI=1S/C41H43O7P/c1-32-38(44-29-35-21-11-4-12-22-35)40(42,27-33-17-7-2-8-18-33)41(43,28-34-19-9-3-10-20-34)39(47-32)48-49(45-30-36-23-13-5-14-24-36)46-31-37-25-15-6-16-26-37/h2-26,32,38-39,42-43H,27-31H2,1H3/t32-,38+,39-,40+,41+/m0/s1. The Balaban J connectivity index is 1.36. The van der Waals surface area contributed by atoms with Gasteiger partial charge in [0.2, 0.25) is 0 Å². The predicted molar refractivity (Wildman–Crippen MR) is 190 cm³/mol. The van der Waals surface area contributed by atoms with Gasteiger partial charge in [0.15, 0.2) is 11.9 Å². The number of hydrogen-bond donors (Lipinski definition) is 2. The molecule has 49 heavy (non-hydrogen) atoms. The van der Waals surface area contributed by atoms with Crippen LogP contribution in [0.1, 0.15) is 34.7 Å². The fourth-order valence-corrected chi connectivity index (χ4v) is 7.33. The van der Waals surface area contributed by atoms with Crippen molar-refractivity contribution in [2.75, 3.05) is 0 Å². The summed E-state index contributed by atoms with van der Waals surface area (Å²) < 4.78 is 32.2. The van der Waals surface area contributed by atoms with E-state index in [1.54, 1.807) is 0 Å². The van der Waals surface area contributed by atoms with Gasteiger partial charge < -0.3 is 28.7 Å². The summed E-state index contributed by atoms with van der Waals surface area (Å²) in [6, 6.07) is 48.4. The van der Waals surface area contributed by atoms with Gasteiger partial charge >= 0.3 is 8.60 Å². The van der Waals surface area contributed by atoms with Crippen molar-refractivity contribution < 1.29 is 33.3 Å². The highest BCUT2D eigenvalue weighted by molar-refractivity contribution is 7.41. The van der Waals surface area contributed by atoms with Gasteiger partial charge in [0.25, 0.3) is 0 Å². The molecule has 1 heterocycles. The van der Waals surface area contributed by atoms with Gasteiger partial charge in [-0.1, -0.05) is 152 Å². The Kier molecular flexibility index (Phi) is 12.0. The Hall–Kier alpha value is -3.75. The van der Waals surface area contributed by atoms with Gasteiger partial charge in [-0.15, -0.1) is 0 Å². The second kappa shape index (κ2) is 16.8. The summed E-state index contributed by atoms with van der Waals surface area (Å²) in [5, 5.41) is 26.2. The van der Waals surface area contributed by atoms with Gasteiger partial charge in [0.05, 0.1) is 25.9 Å². The summed E-state index contributed by atoms with van der Waals surface area (Å²) in [6.07, 6.45) is -2.86. The molecule has 0 aromatic heterocycles. The molecule has 0 aliphatic carbocycles. The number of aliphatic hydroxyl groups is 2. The van der Waals surface area contributed by atoms with E-state index in [9.17, 15) is 10.2 Å². The van der Waals surface area contributed by atoms with Gasteiger partial charge in [-0.05, 0) is 34.7 Å². The van der Waals surface area contributed by atoms with Crippen molar-refractivity contribution in [2.24, 2.45) is 0 Å². The van der Waals surface area contributed by atoms with Crippen LogP contribution in [0.5, 0.6) is 0 Å². The molecule has 0 spiro atoms. The monoisotopic (exact) mass is 678 g/mol. The van der Waals surface area contributed by atoms with Crippen molar-refractivity contribution in [2.45, 2.75) is 69.3 Å². The predicted octanol–water partition coefficient (Wildman–Crippen LogP) is 7.94. The molecule has 1 aliphatic rings. The average molecular weight is 679 g/mol. The molecule has 1 fully saturated rings. The summed E-state index contributed by atoms with van der Waals surface area (Å²) in [5.74, 6) is 0. The Bertz CT molecular complexity index is 1640. The number of hydrogen-bond acceptors (Lipinski definition) is 7. The number of benzene rings is 5. The minimum Gasteiger partial charge on any atom is -0.383 e. The fourth-order valence-electron chi connectivity index (χ4n) is 6.25. The maximum atomic E-state index is 13.1. The zero-order valence-electron chi connectivity index (χ0n) is 27.6. The molecule has 7 nitrogen and oxygen atoms in total. The van der Waals surface area contributed by atoms with Crippen LogP contribution < -0.4 is 0 Å². The summed E-state index contributed by atoms with van der Waals surface area (Å²) >= 11 is 0. The van der Waals surface area contributed by atoms with Crippen molar-refractivity contribution >= 4 is 8.60 Å². The van der Waals surface area contributed by atoms with Gasteiger partial charge in [0, 0.05) is 12.8 Å². The number of ether oxygens (including phenoxy) is 2. The molecule has 5 atom stereocenters. The van der Waals surface area contributed by atoms with E-state index in [0.29, 0.717) is 0 Å². The lowest BCUT2D eigenvalue weighted by atomic mass is 9.68. The van der Waals surface area contributed by atoms with Crippen molar-refractivity contribution in [3.8, 4) is 0 Å². The Labute approximate surface area is 290 Å². The van der Waals surface area contributed by atoms with E-state index in [4.69, 9.17) is 23.0 Å². The normalized spacial score (nSPS) is 23.8. The van der Waals surface area contributed by atoms with Crippen LogP contribution in [0, 0.1) is 0 Å². The van der Waals surface area contributed by atoms with Gasteiger partial charge in [-0.3, -0.25) is 4.52 Å². The van der Waals surface area contributed by atoms with E-state index in [2.05, 4.69) is 0 Å². The Morgan fingerprint density at radius 3 is 1.33 bits per heavy atom. The van der Waals surface area contributed by atoms with Crippen molar-refractivity contribution in [3.63, 3.8) is 0 Å². The molecule has 1 aliphatic heterocycles. The minimum atomic E-state index is -2.08. The van der Waals surface area contributed by atoms with Crippen LogP contribution in [-0.2, 0) is 55.7 Å². The first-order valence-corrected chi connectivity index (χ1v) is 17.7. The Morgan fingerprint density at radius 1 is 0.531 bits per heavy atom. The molecule has 5 aromatic carbocycles. The lowest BCUT2D eigenvalue weighted by molar-refractivity contribution is -0.360. The topological polar surface area (TPSA) is 86.6 Å². The summed E-state index contributed by atoms with van der Waals surface area (Å²) in [5.41, 5.74) is 0.564. The third-order valence-corrected chi connectivity index (χ3v) is 9.86. The maximum Gasteiger partial charge on any atom is 0.335 e. The van der Waals surface area contributed by atoms with E-state index in [0.717, 1.165) is 27.8 Å². The molecular formula is C41H43O7P. The van der Waals surface area contributed by atoms with Crippen LogP contribution in [0.2, 0.25) is 0 Å². The van der Waals surface area contributed by atoms with Crippen LogP contribution in [0.15, 0.2) is 152 Å². The van der Waals surface area contributed by atoms with Crippen molar-refractivity contribution in [1.29, 1.82) is 0 Å². The molecule has 254 valence electrons. The van der Waals surface area contributed by atoms with Gasteiger partial charge in [-0.25, -0.2) is 0 Å². The smallest absolute Gasteiger partial charge is 0.335 e. The van der Waals surface area contributed by atoms with Crippen LogP contribution in [0.3, 0.4) is 0 Å². The summed E-state index contributed by atoms with van der Waals surface area (Å²) in [4.78, 5) is 0. The van der Waals surface area contributed by atoms with Crippen LogP contribution in [0.4, 0.5) is 0 Å². The zero-order valence-corrected chi connectivity index (χ0v) is 28.5. The Morgan fingerprint density at radius 2 is 0.898 bits per heavy atom. The fraction of sp³-hybridized carbons (Fsp3) is 0.268. The molecule has 6 rings (SSSR count). The molecule has 1 saturated heterocycles. The molecule has 0 unspecified atom stereocenters. The molecule has 8 heteroatoms. The molecule has 0 radical (unpaired) electrons. The van der Waals surface area contributed by atoms with Gasteiger partial charge in [-0.2, -0.15) is 0 Å². The quantitative estimate of drug-likeness (QED) is 0.109. The number of rotatable bonds is 15. The first-order chi connectivity index (χ1) is 23.9. The van der Waals surface area contributed by atoms with Crippen molar-refractivity contribution in [3.05, 3.63) is 179 Å². The van der Waals surface area contributed by atoms with Crippen molar-refractivity contribution in [1.82, 2.24) is 0 Å². The van der Waals surface area contributed by atoms with Crippen LogP contribution >= 0.6 is 8.60 Å². The van der Waals surface area contributed by atoms with E-state index >= 15 is 0 Å². The lowest BCUT2D eigenvalue weighted by Gasteiger charge is -2.56. The summed E-state index contributed by atoms with van der Waals surface area (Å²) in [6.45, 7) is 2.49. The molecule has 0 amide bonds. The third kappa shape index (κ3) is 8.89. The van der Waals surface area contributed by atoms with Crippen LogP contribution in [0.25, 0.3) is 0 Å². The highest BCUT2D eigenvalue weighted by Crippen LogP contribution is 2.51. The first-order valence-electron chi connectivity index (χ1n) is 16.6. The summed E-state index contributed by atoms with van der Waals surface area (Å²) in [7, 11) is -2.08. The zero-order chi connectivity index (χ0) is 33.9. The molecule has 0 saturated carbocycles. The first kappa shape index (κ1) is 35.1. The van der Waals surface area contributed by atoms with E-state index in [1.165, 1.54) is 0 Å². The van der Waals surface area contributed by atoms with Gasteiger partial charge in [0.1, 0.15) is 11.7 Å². The molecule has 0 bridgehead atoms. The second-order valence-electron chi connectivity index (χ2n) is 12.4. The molecule has 2 N–H and O–H groups in total. The van der Waals surface area contributed by atoms with E-state index < -0.39 is 38.3 Å². The largest absolute Gasteiger partial charge is 0.383 e. The maximum absolute atomic E-state index is 13.1. The lowest BCUT2D eigenvalue weighted by Crippen LogP contribution is -2.75. The molecule has 5 aromatic rings. The SMILES string of the molecule is C[C@@H]1O[C@@H](OP(OCc2ccccc2)OCc2ccccc2)[C@](O)(Cc2ccccc2)[C@@](O)(Cc2ccccc2)[C@@H]1OCc1ccccc1. The van der Waals surface area contributed by atoms with E-state index in [1.807, 2.05) is 159 Å². The van der Waals surface area contributed by atoms with Crippen LogP contribution in [-0.4, -0.2) is 39.9 Å². The average Bonchev–Trinajstić information content (AvgIpc) is 3.14. The minimum absolute atomic E-state index is 0.0142. The second-order valence-corrected chi connectivity index (χ2v) is 13.6.